The van der Waals surface area contributed by atoms with Crippen molar-refractivity contribution in [2.45, 2.75) is 6.92 Å². The summed E-state index contributed by atoms with van der Waals surface area (Å²) in [5, 5.41) is 3.31. The molecule has 0 atom stereocenters. The summed E-state index contributed by atoms with van der Waals surface area (Å²) in [6, 6.07) is 7.30. The van der Waals surface area contributed by atoms with Gasteiger partial charge in [-0.25, -0.2) is 0 Å². The van der Waals surface area contributed by atoms with Crippen LogP contribution in [0.3, 0.4) is 0 Å². The van der Waals surface area contributed by atoms with Crippen LogP contribution in [-0.4, -0.2) is 10.9 Å². The molecule has 0 fully saturated rings. The van der Waals surface area contributed by atoms with Crippen LogP contribution in [-0.2, 0) is 0 Å². The average molecular weight is 314 g/mol. The smallest absolute Gasteiger partial charge is 0.272 e. The molecule has 1 aromatic heterocycles. The summed E-state index contributed by atoms with van der Waals surface area (Å²) in [7, 11) is 0. The molecule has 1 aromatic carbocycles. The van der Waals surface area contributed by atoms with E-state index in [4.69, 9.17) is 11.6 Å². The Morgan fingerprint density at radius 1 is 1.35 bits per heavy atom. The van der Waals surface area contributed by atoms with Gasteiger partial charge in [-0.3, -0.25) is 4.79 Å². The second kappa shape index (κ2) is 4.94. The minimum atomic E-state index is -0.214. The summed E-state index contributed by atoms with van der Waals surface area (Å²) in [5.74, 6) is -0.214. The lowest BCUT2D eigenvalue weighted by Gasteiger charge is -2.05. The molecule has 0 unspecified atom stereocenters. The summed E-state index contributed by atoms with van der Waals surface area (Å²) < 4.78 is 0.928. The molecule has 0 saturated heterocycles. The van der Waals surface area contributed by atoms with E-state index >= 15 is 0 Å². The van der Waals surface area contributed by atoms with Crippen LogP contribution in [0.2, 0.25) is 5.02 Å². The van der Waals surface area contributed by atoms with Crippen LogP contribution in [0.1, 0.15) is 16.1 Å². The summed E-state index contributed by atoms with van der Waals surface area (Å²) in [5.41, 5.74) is 2.25. The van der Waals surface area contributed by atoms with Gasteiger partial charge < -0.3 is 10.3 Å². The Morgan fingerprint density at radius 2 is 2.12 bits per heavy atom. The van der Waals surface area contributed by atoms with Crippen LogP contribution in [0, 0.1) is 6.92 Å². The quantitative estimate of drug-likeness (QED) is 0.865. The number of anilines is 1. The van der Waals surface area contributed by atoms with Crippen molar-refractivity contribution in [3.63, 3.8) is 0 Å². The van der Waals surface area contributed by atoms with Crippen LogP contribution < -0.4 is 5.32 Å². The van der Waals surface area contributed by atoms with Crippen molar-refractivity contribution in [1.29, 1.82) is 0 Å². The average Bonchev–Trinajstić information content (AvgIpc) is 2.63. The van der Waals surface area contributed by atoms with Crippen molar-refractivity contribution in [1.82, 2.24) is 4.98 Å². The Bertz CT molecular complexity index is 545. The highest BCUT2D eigenvalue weighted by atomic mass is 79.9. The molecule has 2 N–H and O–H groups in total. The lowest BCUT2D eigenvalue weighted by Crippen LogP contribution is -2.12. The fraction of sp³-hybridized carbons (Fsp3) is 0.0833. The van der Waals surface area contributed by atoms with E-state index in [1.165, 1.54) is 0 Å². The number of halogens is 2. The molecular formula is C12H10BrClN2O. The maximum Gasteiger partial charge on any atom is 0.272 e. The number of amides is 1. The van der Waals surface area contributed by atoms with Gasteiger partial charge >= 0.3 is 0 Å². The van der Waals surface area contributed by atoms with Crippen molar-refractivity contribution in [2.75, 3.05) is 5.32 Å². The molecule has 1 amide bonds. The largest absolute Gasteiger partial charge is 0.356 e. The number of H-pyrrole nitrogens is 1. The van der Waals surface area contributed by atoms with Gasteiger partial charge in [-0.15, -0.1) is 0 Å². The molecule has 0 aliphatic heterocycles. The van der Waals surface area contributed by atoms with E-state index in [0.717, 1.165) is 15.7 Å². The van der Waals surface area contributed by atoms with Crippen LogP contribution >= 0.6 is 27.5 Å². The monoisotopic (exact) mass is 312 g/mol. The standard InChI is InChI=1S/C12H10BrClN2O/c1-7-2-8(13)4-10(3-7)16-12(17)11-5-9(14)6-15-11/h2-6,15H,1H3,(H,16,17). The minimum Gasteiger partial charge on any atom is -0.356 e. The molecule has 0 radical (unpaired) electrons. The fourth-order valence-electron chi connectivity index (χ4n) is 1.51. The van der Waals surface area contributed by atoms with E-state index in [2.05, 4.69) is 26.2 Å². The zero-order valence-corrected chi connectivity index (χ0v) is 11.4. The van der Waals surface area contributed by atoms with E-state index < -0.39 is 0 Å². The third kappa shape index (κ3) is 3.11. The van der Waals surface area contributed by atoms with E-state index in [1.807, 2.05) is 25.1 Å². The molecule has 2 aromatic rings. The zero-order chi connectivity index (χ0) is 12.4. The molecule has 88 valence electrons. The molecule has 0 saturated carbocycles. The van der Waals surface area contributed by atoms with Crippen molar-refractivity contribution in [3.05, 3.63) is 51.2 Å². The molecule has 2 rings (SSSR count). The third-order valence-corrected chi connectivity index (χ3v) is 2.87. The van der Waals surface area contributed by atoms with Gasteiger partial charge in [0.25, 0.3) is 5.91 Å². The number of hydrogen-bond donors (Lipinski definition) is 2. The summed E-state index contributed by atoms with van der Waals surface area (Å²) in [4.78, 5) is 14.6. The first-order valence-corrected chi connectivity index (χ1v) is 6.14. The number of benzene rings is 1. The molecule has 0 bridgehead atoms. The van der Waals surface area contributed by atoms with E-state index in [1.54, 1.807) is 12.3 Å². The van der Waals surface area contributed by atoms with Gasteiger partial charge in [0, 0.05) is 16.4 Å². The number of hydrogen-bond acceptors (Lipinski definition) is 1. The number of aromatic nitrogens is 1. The molecule has 0 aliphatic rings. The number of aryl methyl sites for hydroxylation is 1. The first-order chi connectivity index (χ1) is 8.04. The zero-order valence-electron chi connectivity index (χ0n) is 9.05. The maximum atomic E-state index is 11.8. The molecular weight excluding hydrogens is 304 g/mol. The van der Waals surface area contributed by atoms with Gasteiger partial charge in [0.1, 0.15) is 5.69 Å². The number of carbonyl (C=O) groups excluding carboxylic acids is 1. The normalized spacial score (nSPS) is 10.3. The summed E-state index contributed by atoms with van der Waals surface area (Å²) >= 11 is 9.12. The Balaban J connectivity index is 2.18. The van der Waals surface area contributed by atoms with Gasteiger partial charge in [-0.2, -0.15) is 0 Å². The van der Waals surface area contributed by atoms with E-state index in [-0.39, 0.29) is 5.91 Å². The first-order valence-electron chi connectivity index (χ1n) is 4.97. The van der Waals surface area contributed by atoms with Gasteiger partial charge in [0.2, 0.25) is 0 Å². The second-order valence-electron chi connectivity index (χ2n) is 3.70. The summed E-state index contributed by atoms with van der Waals surface area (Å²) in [6.45, 7) is 1.96. The molecule has 1 heterocycles. The van der Waals surface area contributed by atoms with Crippen molar-refractivity contribution >= 4 is 39.1 Å². The van der Waals surface area contributed by atoms with Crippen LogP contribution in [0.5, 0.6) is 0 Å². The van der Waals surface area contributed by atoms with E-state index in [9.17, 15) is 4.79 Å². The van der Waals surface area contributed by atoms with Gasteiger partial charge in [0.05, 0.1) is 5.02 Å². The van der Waals surface area contributed by atoms with Gasteiger partial charge in [0.15, 0.2) is 0 Å². The number of nitrogens with one attached hydrogen (secondary N) is 2. The SMILES string of the molecule is Cc1cc(Br)cc(NC(=O)c2cc(Cl)c[nH]2)c1. The number of rotatable bonds is 2. The lowest BCUT2D eigenvalue weighted by atomic mass is 10.2. The highest BCUT2D eigenvalue weighted by Gasteiger charge is 2.08. The molecule has 5 heteroatoms. The Hall–Kier alpha value is -1.26. The highest BCUT2D eigenvalue weighted by Crippen LogP contribution is 2.20. The van der Waals surface area contributed by atoms with Crippen LogP contribution in [0.25, 0.3) is 0 Å². The molecule has 3 nitrogen and oxygen atoms in total. The number of carbonyl (C=O) groups is 1. The Morgan fingerprint density at radius 3 is 2.71 bits per heavy atom. The Labute approximate surface area is 112 Å². The number of aromatic amines is 1. The lowest BCUT2D eigenvalue weighted by molar-refractivity contribution is 0.102. The molecule has 0 aliphatic carbocycles. The second-order valence-corrected chi connectivity index (χ2v) is 5.06. The van der Waals surface area contributed by atoms with Crippen molar-refractivity contribution in [2.24, 2.45) is 0 Å². The third-order valence-electron chi connectivity index (χ3n) is 2.19. The maximum absolute atomic E-state index is 11.8. The predicted octanol–water partition coefficient (Wildman–Crippen LogP) is 3.99. The van der Waals surface area contributed by atoms with Crippen molar-refractivity contribution < 1.29 is 4.79 Å². The Kier molecular flexibility index (Phi) is 3.54. The highest BCUT2D eigenvalue weighted by molar-refractivity contribution is 9.10. The topological polar surface area (TPSA) is 44.9 Å². The first kappa shape index (κ1) is 12.2. The fourth-order valence-corrected chi connectivity index (χ4v) is 2.28. The van der Waals surface area contributed by atoms with Crippen molar-refractivity contribution in [3.8, 4) is 0 Å². The van der Waals surface area contributed by atoms with Gasteiger partial charge in [-0.1, -0.05) is 27.5 Å². The molecule has 0 spiro atoms. The summed E-state index contributed by atoms with van der Waals surface area (Å²) in [6.07, 6.45) is 1.57. The van der Waals surface area contributed by atoms with E-state index in [0.29, 0.717) is 10.7 Å². The van der Waals surface area contributed by atoms with Crippen LogP contribution in [0.4, 0.5) is 5.69 Å². The van der Waals surface area contributed by atoms with Gasteiger partial charge in [-0.05, 0) is 36.8 Å². The minimum absolute atomic E-state index is 0.214. The molecule has 17 heavy (non-hydrogen) atoms. The predicted molar refractivity (Wildman–Crippen MR) is 72.6 cm³/mol. The van der Waals surface area contributed by atoms with Crippen LogP contribution in [0.15, 0.2) is 34.9 Å².